The molecule has 1 aliphatic rings. The Kier molecular flexibility index (Phi) is 6.03. The smallest absolute Gasteiger partial charge is 0.375 e. The number of hydrogen-bond donors (Lipinski definition) is 1. The van der Waals surface area contributed by atoms with Crippen LogP contribution >= 0.6 is 0 Å². The third-order valence-electron chi connectivity index (χ3n) is 4.22. The molecule has 0 radical (unpaired) electrons. The van der Waals surface area contributed by atoms with E-state index in [0.29, 0.717) is 17.9 Å². The van der Waals surface area contributed by atoms with Crippen LogP contribution in [0.4, 0.5) is 0 Å². The van der Waals surface area contributed by atoms with E-state index in [2.05, 4.69) is 5.32 Å². The lowest BCUT2D eigenvalue weighted by Gasteiger charge is -2.16. The summed E-state index contributed by atoms with van der Waals surface area (Å²) in [6, 6.07) is 11.7. The molecule has 8 nitrogen and oxygen atoms in total. The van der Waals surface area contributed by atoms with Crippen LogP contribution in [0.15, 0.2) is 46.9 Å². The minimum atomic E-state index is -3.11. The van der Waals surface area contributed by atoms with Crippen LogP contribution in [0.5, 0.6) is 5.75 Å². The molecule has 0 aliphatic carbocycles. The Morgan fingerprint density at radius 1 is 1.21 bits per heavy atom. The maximum absolute atomic E-state index is 12.2. The lowest BCUT2D eigenvalue weighted by atomic mass is 10.2. The number of carbonyl (C=O) groups is 2. The fourth-order valence-corrected chi connectivity index (χ4v) is 4.41. The third-order valence-corrected chi connectivity index (χ3v) is 5.99. The number of ether oxygens (including phenoxy) is 2. The van der Waals surface area contributed by atoms with Gasteiger partial charge in [0.2, 0.25) is 5.76 Å². The van der Waals surface area contributed by atoms with Gasteiger partial charge in [0, 0.05) is 6.04 Å². The van der Waals surface area contributed by atoms with E-state index >= 15 is 0 Å². The summed E-state index contributed by atoms with van der Waals surface area (Å²) in [5.41, 5.74) is 0. The van der Waals surface area contributed by atoms with E-state index < -0.39 is 33.9 Å². The molecule has 2 heterocycles. The van der Waals surface area contributed by atoms with Gasteiger partial charge in [-0.05, 0) is 37.6 Å². The van der Waals surface area contributed by atoms with Crippen LogP contribution < -0.4 is 10.1 Å². The number of furan rings is 1. The average Bonchev–Trinajstić information content (AvgIpc) is 3.27. The molecule has 0 spiro atoms. The molecule has 9 heteroatoms. The zero-order valence-corrected chi connectivity index (χ0v) is 16.1. The molecule has 2 aromatic rings. The highest BCUT2D eigenvalue weighted by Crippen LogP contribution is 2.15. The molecular formula is C19H21NO7S. The molecule has 0 unspecified atom stereocenters. The van der Waals surface area contributed by atoms with Gasteiger partial charge in [-0.1, -0.05) is 18.2 Å². The second-order valence-corrected chi connectivity index (χ2v) is 8.75. The van der Waals surface area contributed by atoms with Crippen molar-refractivity contribution in [2.24, 2.45) is 0 Å². The lowest BCUT2D eigenvalue weighted by molar-refractivity contribution is -0.129. The molecule has 28 heavy (non-hydrogen) atoms. The van der Waals surface area contributed by atoms with E-state index in [0.717, 1.165) is 0 Å². The first-order valence-electron chi connectivity index (χ1n) is 8.81. The van der Waals surface area contributed by atoms with E-state index in [9.17, 15) is 18.0 Å². The number of hydrogen-bond acceptors (Lipinski definition) is 7. The molecule has 1 fully saturated rings. The summed E-state index contributed by atoms with van der Waals surface area (Å²) in [6.45, 7) is 1.56. The van der Waals surface area contributed by atoms with E-state index in [-0.39, 0.29) is 23.9 Å². The molecule has 1 amide bonds. The van der Waals surface area contributed by atoms with Gasteiger partial charge in [0.05, 0.1) is 11.5 Å². The lowest BCUT2D eigenvalue weighted by Crippen LogP contribution is -2.42. The van der Waals surface area contributed by atoms with Gasteiger partial charge in [0.1, 0.15) is 18.1 Å². The minimum Gasteiger partial charge on any atom is -0.486 e. The predicted molar refractivity (Wildman–Crippen MR) is 99.6 cm³/mol. The largest absolute Gasteiger partial charge is 0.486 e. The zero-order chi connectivity index (χ0) is 20.1. The van der Waals surface area contributed by atoms with Crippen molar-refractivity contribution in [3.8, 4) is 5.75 Å². The standard InChI is InChI=1S/C19H21NO7S/c1-13(18(21)20-14-9-10-28(23,24)12-14)26-19(22)17-8-7-16(27-17)11-25-15-5-3-2-4-6-15/h2-8,13-14H,9-12H2,1H3,(H,20,21)/t13-,14+/m0/s1. The molecule has 0 saturated carbocycles. The normalized spacial score (nSPS) is 19.0. The van der Waals surface area contributed by atoms with Crippen LogP contribution in [0, 0.1) is 0 Å². The van der Waals surface area contributed by atoms with Crippen LogP contribution in [0.3, 0.4) is 0 Å². The van der Waals surface area contributed by atoms with E-state index in [1.807, 2.05) is 18.2 Å². The Hall–Kier alpha value is -2.81. The molecule has 0 bridgehead atoms. The zero-order valence-electron chi connectivity index (χ0n) is 15.3. The van der Waals surface area contributed by atoms with Gasteiger partial charge < -0.3 is 19.2 Å². The quantitative estimate of drug-likeness (QED) is 0.695. The van der Waals surface area contributed by atoms with Gasteiger partial charge in [-0.15, -0.1) is 0 Å². The number of carbonyl (C=O) groups excluding carboxylic acids is 2. The van der Waals surface area contributed by atoms with Crippen LogP contribution in [0.1, 0.15) is 29.7 Å². The first kappa shape index (κ1) is 19.9. The van der Waals surface area contributed by atoms with Crippen molar-refractivity contribution in [1.29, 1.82) is 0 Å². The number of esters is 1. The molecule has 1 aromatic carbocycles. The number of nitrogens with one attached hydrogen (secondary N) is 1. The van der Waals surface area contributed by atoms with Crippen LogP contribution in [-0.2, 0) is 26.0 Å². The highest BCUT2D eigenvalue weighted by molar-refractivity contribution is 7.91. The van der Waals surface area contributed by atoms with Crippen LogP contribution in [0.2, 0.25) is 0 Å². The Balaban J connectivity index is 1.48. The number of benzene rings is 1. The third kappa shape index (κ3) is 5.35. The molecule has 1 aliphatic heterocycles. The van der Waals surface area contributed by atoms with E-state index in [4.69, 9.17) is 13.9 Å². The summed E-state index contributed by atoms with van der Waals surface area (Å²) in [6.07, 6.45) is -0.720. The van der Waals surface area contributed by atoms with Crippen molar-refractivity contribution < 1.29 is 31.9 Å². The highest BCUT2D eigenvalue weighted by Gasteiger charge is 2.31. The summed E-state index contributed by atoms with van der Waals surface area (Å²) in [4.78, 5) is 24.3. The van der Waals surface area contributed by atoms with Crippen molar-refractivity contribution >= 4 is 21.7 Å². The van der Waals surface area contributed by atoms with Gasteiger partial charge in [0.15, 0.2) is 15.9 Å². The molecule has 150 valence electrons. The Bertz CT molecular complexity index is 936. The minimum absolute atomic E-state index is 0.0465. The number of para-hydroxylation sites is 1. The maximum atomic E-state index is 12.2. The molecule has 3 rings (SSSR count). The van der Waals surface area contributed by atoms with Crippen molar-refractivity contribution in [2.45, 2.75) is 32.1 Å². The summed E-state index contributed by atoms with van der Waals surface area (Å²) in [5, 5.41) is 2.59. The van der Waals surface area contributed by atoms with Gasteiger partial charge in [0.25, 0.3) is 5.91 Å². The highest BCUT2D eigenvalue weighted by atomic mass is 32.2. The van der Waals surface area contributed by atoms with Crippen molar-refractivity contribution in [3.05, 3.63) is 54.0 Å². The summed E-state index contributed by atoms with van der Waals surface area (Å²) < 4.78 is 38.9. The number of sulfone groups is 1. The summed E-state index contributed by atoms with van der Waals surface area (Å²) >= 11 is 0. The van der Waals surface area contributed by atoms with Gasteiger partial charge in [-0.2, -0.15) is 0 Å². The summed E-state index contributed by atoms with van der Waals surface area (Å²) in [5.74, 6) is -0.322. The van der Waals surface area contributed by atoms with Crippen molar-refractivity contribution in [3.63, 3.8) is 0 Å². The van der Waals surface area contributed by atoms with E-state index in [1.165, 1.54) is 13.0 Å². The number of rotatable bonds is 7. The molecule has 1 N–H and O–H groups in total. The van der Waals surface area contributed by atoms with Crippen molar-refractivity contribution in [2.75, 3.05) is 11.5 Å². The summed E-state index contributed by atoms with van der Waals surface area (Å²) in [7, 11) is -3.11. The Morgan fingerprint density at radius 2 is 1.96 bits per heavy atom. The second-order valence-electron chi connectivity index (χ2n) is 6.52. The predicted octanol–water partition coefficient (Wildman–Crippen LogP) is 1.71. The Labute approximate surface area is 162 Å². The topological polar surface area (TPSA) is 112 Å². The van der Waals surface area contributed by atoms with Gasteiger partial charge >= 0.3 is 5.97 Å². The molecule has 1 saturated heterocycles. The van der Waals surface area contributed by atoms with Crippen LogP contribution in [0.25, 0.3) is 0 Å². The van der Waals surface area contributed by atoms with Gasteiger partial charge in [-0.3, -0.25) is 4.79 Å². The number of amides is 1. The maximum Gasteiger partial charge on any atom is 0.375 e. The first-order chi connectivity index (χ1) is 13.3. The molecule has 1 aromatic heterocycles. The molecular weight excluding hydrogens is 386 g/mol. The fourth-order valence-electron chi connectivity index (χ4n) is 2.74. The second kappa shape index (κ2) is 8.47. The molecule has 2 atom stereocenters. The monoisotopic (exact) mass is 407 g/mol. The first-order valence-corrected chi connectivity index (χ1v) is 10.6. The Morgan fingerprint density at radius 3 is 2.64 bits per heavy atom. The SMILES string of the molecule is C[C@H](OC(=O)c1ccc(COc2ccccc2)o1)C(=O)N[C@@H]1CCS(=O)(=O)C1. The fraction of sp³-hybridized carbons (Fsp3) is 0.368. The van der Waals surface area contributed by atoms with E-state index in [1.54, 1.807) is 18.2 Å². The van der Waals surface area contributed by atoms with Gasteiger partial charge in [-0.25, -0.2) is 13.2 Å². The average molecular weight is 407 g/mol. The van der Waals surface area contributed by atoms with Crippen molar-refractivity contribution in [1.82, 2.24) is 5.32 Å². The van der Waals surface area contributed by atoms with Crippen LogP contribution in [-0.4, -0.2) is 43.9 Å².